The second kappa shape index (κ2) is 8.97. The van der Waals surface area contributed by atoms with Crippen LogP contribution < -0.4 is 15.8 Å². The molecule has 0 saturated carbocycles. The molecular formula is C22H28N4O4. The van der Waals surface area contributed by atoms with Crippen LogP contribution in [0, 0.1) is 6.92 Å². The zero-order valence-electron chi connectivity index (χ0n) is 17.5. The third kappa shape index (κ3) is 4.55. The monoisotopic (exact) mass is 412 g/mol. The topological polar surface area (TPSA) is 85.7 Å². The van der Waals surface area contributed by atoms with Crippen LogP contribution in [-0.4, -0.2) is 54.5 Å². The molecule has 0 radical (unpaired) electrons. The molecule has 2 saturated heterocycles. The first-order valence-electron chi connectivity index (χ1n) is 10.4. The van der Waals surface area contributed by atoms with E-state index in [1.165, 1.54) is 0 Å². The zero-order chi connectivity index (χ0) is 21.1. The highest BCUT2D eigenvalue weighted by molar-refractivity contribution is 5.91. The number of amides is 1. The Balaban J connectivity index is 1.60. The summed E-state index contributed by atoms with van der Waals surface area (Å²) in [5.74, 6) is -0.0760. The van der Waals surface area contributed by atoms with Gasteiger partial charge in [-0.25, -0.2) is 0 Å². The summed E-state index contributed by atoms with van der Waals surface area (Å²) >= 11 is 0. The minimum absolute atomic E-state index is 0.00241. The van der Waals surface area contributed by atoms with Gasteiger partial charge in [-0.1, -0.05) is 0 Å². The van der Waals surface area contributed by atoms with Crippen LogP contribution in [-0.2, 0) is 21.3 Å². The summed E-state index contributed by atoms with van der Waals surface area (Å²) in [5.41, 5.74) is 3.87. The van der Waals surface area contributed by atoms with Gasteiger partial charge in [0.1, 0.15) is 5.69 Å². The van der Waals surface area contributed by atoms with Gasteiger partial charge in [0.2, 0.25) is 5.91 Å². The summed E-state index contributed by atoms with van der Waals surface area (Å²) in [5, 5.41) is 2.93. The number of pyridine rings is 2. The van der Waals surface area contributed by atoms with Crippen LogP contribution in [0.25, 0.3) is 11.1 Å². The summed E-state index contributed by atoms with van der Waals surface area (Å²) in [4.78, 5) is 31.6. The van der Waals surface area contributed by atoms with Crippen molar-refractivity contribution in [3.05, 3.63) is 40.6 Å². The van der Waals surface area contributed by atoms with Crippen molar-refractivity contribution in [2.24, 2.45) is 7.05 Å². The minimum atomic E-state index is -0.0760. The van der Waals surface area contributed by atoms with Crippen molar-refractivity contribution in [3.63, 3.8) is 0 Å². The van der Waals surface area contributed by atoms with Gasteiger partial charge in [-0.3, -0.25) is 14.6 Å². The van der Waals surface area contributed by atoms with E-state index in [1.807, 2.05) is 25.3 Å². The van der Waals surface area contributed by atoms with E-state index in [1.54, 1.807) is 17.8 Å². The van der Waals surface area contributed by atoms with E-state index < -0.39 is 0 Å². The molecule has 160 valence electrons. The number of rotatable bonds is 5. The third-order valence-electron chi connectivity index (χ3n) is 5.63. The van der Waals surface area contributed by atoms with Gasteiger partial charge in [0, 0.05) is 49.8 Å². The number of ether oxygens (including phenoxy) is 2. The van der Waals surface area contributed by atoms with Crippen molar-refractivity contribution in [1.29, 1.82) is 0 Å². The van der Waals surface area contributed by atoms with Crippen LogP contribution in [0.5, 0.6) is 0 Å². The summed E-state index contributed by atoms with van der Waals surface area (Å²) in [6.45, 7) is 5.25. The van der Waals surface area contributed by atoms with E-state index in [0.717, 1.165) is 36.3 Å². The highest BCUT2D eigenvalue weighted by atomic mass is 16.5. The van der Waals surface area contributed by atoms with Gasteiger partial charge in [0.25, 0.3) is 5.56 Å². The van der Waals surface area contributed by atoms with Crippen molar-refractivity contribution in [3.8, 4) is 11.1 Å². The lowest BCUT2D eigenvalue weighted by molar-refractivity contribution is -0.118. The lowest BCUT2D eigenvalue weighted by atomic mass is 10.0. The zero-order valence-corrected chi connectivity index (χ0v) is 17.5. The molecule has 2 aromatic rings. The van der Waals surface area contributed by atoms with Gasteiger partial charge in [-0.15, -0.1) is 0 Å². The van der Waals surface area contributed by atoms with Crippen LogP contribution in [0.15, 0.2) is 29.3 Å². The van der Waals surface area contributed by atoms with Crippen molar-refractivity contribution in [2.75, 3.05) is 43.1 Å². The van der Waals surface area contributed by atoms with Crippen molar-refractivity contribution in [2.45, 2.75) is 32.3 Å². The SMILES string of the molecule is Cc1ncc(NC(=O)C[C@H]2CCCO2)cc1-c1cc(N2CCOCC2)c(=O)n(C)c1. The number of carbonyl (C=O) groups is 1. The van der Waals surface area contributed by atoms with E-state index in [0.29, 0.717) is 44.1 Å². The highest BCUT2D eigenvalue weighted by Crippen LogP contribution is 2.27. The van der Waals surface area contributed by atoms with Crippen molar-refractivity contribution >= 4 is 17.3 Å². The summed E-state index contributed by atoms with van der Waals surface area (Å²) in [7, 11) is 1.76. The van der Waals surface area contributed by atoms with E-state index in [4.69, 9.17) is 9.47 Å². The van der Waals surface area contributed by atoms with Gasteiger partial charge < -0.3 is 24.3 Å². The van der Waals surface area contributed by atoms with Crippen LogP contribution in [0.4, 0.5) is 11.4 Å². The first-order chi connectivity index (χ1) is 14.5. The molecule has 0 bridgehead atoms. The molecule has 2 aromatic heterocycles. The third-order valence-corrected chi connectivity index (χ3v) is 5.63. The van der Waals surface area contributed by atoms with E-state index >= 15 is 0 Å². The molecule has 2 aliphatic heterocycles. The first kappa shape index (κ1) is 20.6. The largest absolute Gasteiger partial charge is 0.378 e. The molecular weight excluding hydrogens is 384 g/mol. The van der Waals surface area contributed by atoms with Gasteiger partial charge in [-0.05, 0) is 31.9 Å². The number of nitrogens with one attached hydrogen (secondary N) is 1. The number of aryl methyl sites for hydroxylation is 2. The molecule has 4 rings (SSSR count). The Bertz CT molecular complexity index is 976. The molecule has 2 aliphatic rings. The van der Waals surface area contributed by atoms with Crippen LogP contribution in [0.2, 0.25) is 0 Å². The number of hydrogen-bond acceptors (Lipinski definition) is 6. The molecule has 0 aliphatic carbocycles. The number of nitrogens with zero attached hydrogens (tertiary/aromatic N) is 3. The average molecular weight is 412 g/mol. The molecule has 30 heavy (non-hydrogen) atoms. The van der Waals surface area contributed by atoms with Crippen molar-refractivity contribution in [1.82, 2.24) is 9.55 Å². The van der Waals surface area contributed by atoms with Gasteiger partial charge >= 0.3 is 0 Å². The predicted molar refractivity (Wildman–Crippen MR) is 115 cm³/mol. The number of hydrogen-bond donors (Lipinski definition) is 1. The molecule has 8 nitrogen and oxygen atoms in total. The Hall–Kier alpha value is -2.71. The Morgan fingerprint density at radius 2 is 2.07 bits per heavy atom. The maximum atomic E-state index is 12.7. The lowest BCUT2D eigenvalue weighted by Crippen LogP contribution is -2.40. The quantitative estimate of drug-likeness (QED) is 0.810. The van der Waals surface area contributed by atoms with Crippen LogP contribution in [0.1, 0.15) is 25.0 Å². The molecule has 1 amide bonds. The molecule has 0 aromatic carbocycles. The van der Waals surface area contributed by atoms with Gasteiger partial charge in [0.15, 0.2) is 0 Å². The van der Waals surface area contributed by atoms with Crippen LogP contribution in [0.3, 0.4) is 0 Å². The van der Waals surface area contributed by atoms with Crippen molar-refractivity contribution < 1.29 is 14.3 Å². The summed E-state index contributed by atoms with van der Waals surface area (Å²) in [6, 6.07) is 3.83. The number of morpholine rings is 1. The van der Waals surface area contributed by atoms with Crippen LogP contribution >= 0.6 is 0 Å². The molecule has 4 heterocycles. The Morgan fingerprint density at radius 1 is 1.27 bits per heavy atom. The fourth-order valence-electron chi connectivity index (χ4n) is 3.99. The molecule has 0 unspecified atom stereocenters. The molecule has 1 N–H and O–H groups in total. The molecule has 1 atom stereocenters. The van der Waals surface area contributed by atoms with E-state index in [9.17, 15) is 9.59 Å². The lowest BCUT2D eigenvalue weighted by Gasteiger charge is -2.28. The average Bonchev–Trinajstić information content (AvgIpc) is 3.25. The van der Waals surface area contributed by atoms with E-state index in [2.05, 4.69) is 15.2 Å². The number of aromatic nitrogens is 2. The minimum Gasteiger partial charge on any atom is -0.378 e. The molecule has 2 fully saturated rings. The number of carbonyl (C=O) groups excluding carboxylic acids is 1. The normalized spacial score (nSPS) is 19.1. The second-order valence-electron chi connectivity index (χ2n) is 7.87. The maximum absolute atomic E-state index is 12.7. The van der Waals surface area contributed by atoms with Gasteiger partial charge in [0.05, 0.1) is 37.6 Å². The molecule has 8 heteroatoms. The van der Waals surface area contributed by atoms with Gasteiger partial charge in [-0.2, -0.15) is 0 Å². The standard InChI is InChI=1S/C22H28N4O4/c1-15-19(11-17(13-23-15)24-21(27)12-18-4-3-7-30-18)16-10-20(22(28)25(2)14-16)26-5-8-29-9-6-26/h10-11,13-14,18H,3-9,12H2,1-2H3,(H,24,27)/t18-/m1/s1. The maximum Gasteiger partial charge on any atom is 0.273 e. The molecule has 0 spiro atoms. The smallest absolute Gasteiger partial charge is 0.273 e. The number of anilines is 2. The highest BCUT2D eigenvalue weighted by Gasteiger charge is 2.20. The van der Waals surface area contributed by atoms with E-state index in [-0.39, 0.29) is 17.6 Å². The summed E-state index contributed by atoms with van der Waals surface area (Å²) in [6.07, 6.45) is 5.76. The second-order valence-corrected chi connectivity index (χ2v) is 7.87. The Morgan fingerprint density at radius 3 is 2.80 bits per heavy atom. The Labute approximate surface area is 175 Å². The summed E-state index contributed by atoms with van der Waals surface area (Å²) < 4.78 is 12.6. The first-order valence-corrected chi connectivity index (χ1v) is 10.4. The fraction of sp³-hybridized carbons (Fsp3) is 0.500. The predicted octanol–water partition coefficient (Wildman–Crippen LogP) is 2.10. The fourth-order valence-corrected chi connectivity index (χ4v) is 3.99. The Kier molecular flexibility index (Phi) is 6.15.